The Morgan fingerprint density at radius 3 is 2.88 bits per heavy atom. The summed E-state index contributed by atoms with van der Waals surface area (Å²) in [5.41, 5.74) is 5.05. The monoisotopic (exact) mass is 322 g/mol. The Kier molecular flexibility index (Phi) is 3.77. The molecule has 1 saturated heterocycles. The lowest BCUT2D eigenvalue weighted by molar-refractivity contribution is 0.0695. The summed E-state index contributed by atoms with van der Waals surface area (Å²) in [6.45, 7) is 2.97. The Morgan fingerprint density at radius 2 is 2.04 bits per heavy atom. The van der Waals surface area contributed by atoms with Gasteiger partial charge in [-0.15, -0.1) is 0 Å². The molecule has 2 aromatic rings. The second-order valence-corrected chi connectivity index (χ2v) is 6.82. The van der Waals surface area contributed by atoms with Gasteiger partial charge in [0.05, 0.1) is 5.56 Å². The fraction of sp³-hybridized carbons (Fsp3) is 0.350. The van der Waals surface area contributed by atoms with Crippen LogP contribution in [0.5, 0.6) is 0 Å². The van der Waals surface area contributed by atoms with Crippen molar-refractivity contribution in [1.29, 1.82) is 0 Å². The summed E-state index contributed by atoms with van der Waals surface area (Å²) in [5, 5.41) is 16.8. The molecule has 24 heavy (non-hydrogen) atoms. The highest BCUT2D eigenvalue weighted by Gasteiger charge is 2.39. The summed E-state index contributed by atoms with van der Waals surface area (Å²) in [6.07, 6.45) is 1.85. The third-order valence-electron chi connectivity index (χ3n) is 5.48. The van der Waals surface area contributed by atoms with Gasteiger partial charge in [0.1, 0.15) is 0 Å². The minimum Gasteiger partial charge on any atom is -0.478 e. The highest BCUT2D eigenvalue weighted by atomic mass is 16.4. The SMILES string of the molecule is Cc1cccc(C(=O)O)c1C[C@@H]1NCC[C@H]2c3ccccc3N[C@H]12. The average Bonchev–Trinajstić information content (AvgIpc) is 2.96. The summed E-state index contributed by atoms with van der Waals surface area (Å²) >= 11 is 0. The van der Waals surface area contributed by atoms with Gasteiger partial charge in [-0.05, 0) is 55.1 Å². The summed E-state index contributed by atoms with van der Waals surface area (Å²) in [5.74, 6) is -0.339. The molecule has 0 unspecified atom stereocenters. The van der Waals surface area contributed by atoms with E-state index in [0.29, 0.717) is 17.5 Å². The Labute approximate surface area is 141 Å². The van der Waals surface area contributed by atoms with E-state index in [-0.39, 0.29) is 6.04 Å². The number of hydrogen-bond donors (Lipinski definition) is 3. The van der Waals surface area contributed by atoms with E-state index in [0.717, 1.165) is 30.5 Å². The summed E-state index contributed by atoms with van der Waals surface area (Å²) in [6, 6.07) is 14.6. The van der Waals surface area contributed by atoms with Gasteiger partial charge in [-0.2, -0.15) is 0 Å². The fourth-order valence-electron chi connectivity index (χ4n) is 4.29. The van der Waals surface area contributed by atoms with Gasteiger partial charge in [0.15, 0.2) is 0 Å². The number of carboxylic acid groups (broad SMARTS) is 1. The molecule has 4 heteroatoms. The standard InChI is InChI=1S/C20H22N2O2/c1-12-5-4-7-15(20(23)24)16(12)11-18-19-14(9-10-21-18)13-6-2-3-8-17(13)22-19/h2-8,14,18-19,21-22H,9-11H2,1H3,(H,23,24)/t14-,18-,19-/m0/s1. The first-order chi connectivity index (χ1) is 11.6. The highest BCUT2D eigenvalue weighted by Crippen LogP contribution is 2.41. The first-order valence-electron chi connectivity index (χ1n) is 8.56. The third kappa shape index (κ3) is 2.47. The number of para-hydroxylation sites is 1. The molecule has 0 saturated carbocycles. The molecule has 0 radical (unpaired) electrons. The third-order valence-corrected chi connectivity index (χ3v) is 5.48. The molecule has 0 amide bonds. The number of carboxylic acids is 1. The van der Waals surface area contributed by atoms with Gasteiger partial charge in [0.25, 0.3) is 0 Å². The zero-order valence-electron chi connectivity index (χ0n) is 13.8. The molecule has 2 heterocycles. The molecule has 2 aliphatic heterocycles. The van der Waals surface area contributed by atoms with Crippen LogP contribution in [0, 0.1) is 6.92 Å². The summed E-state index contributed by atoms with van der Waals surface area (Å²) < 4.78 is 0. The van der Waals surface area contributed by atoms with Crippen LogP contribution in [0.2, 0.25) is 0 Å². The highest BCUT2D eigenvalue weighted by molar-refractivity contribution is 5.89. The van der Waals surface area contributed by atoms with Crippen LogP contribution in [0.25, 0.3) is 0 Å². The number of aryl methyl sites for hydroxylation is 1. The lowest BCUT2D eigenvalue weighted by Gasteiger charge is -2.35. The molecule has 3 N–H and O–H groups in total. The minimum atomic E-state index is -0.844. The first kappa shape index (κ1) is 15.2. The quantitative estimate of drug-likeness (QED) is 0.812. The molecule has 1 fully saturated rings. The van der Waals surface area contributed by atoms with Crippen molar-refractivity contribution in [3.8, 4) is 0 Å². The normalized spacial score (nSPS) is 24.8. The molecule has 0 bridgehead atoms. The number of rotatable bonds is 3. The number of fused-ring (bicyclic) bond motifs is 3. The van der Waals surface area contributed by atoms with Crippen LogP contribution >= 0.6 is 0 Å². The fourth-order valence-corrected chi connectivity index (χ4v) is 4.29. The zero-order valence-corrected chi connectivity index (χ0v) is 13.8. The Hall–Kier alpha value is -2.33. The molecule has 0 aliphatic carbocycles. The predicted molar refractivity (Wildman–Crippen MR) is 94.8 cm³/mol. The van der Waals surface area contributed by atoms with Crippen LogP contribution in [-0.2, 0) is 6.42 Å². The number of carbonyl (C=O) groups is 1. The van der Waals surface area contributed by atoms with Crippen molar-refractivity contribution in [2.75, 3.05) is 11.9 Å². The van der Waals surface area contributed by atoms with E-state index in [1.54, 1.807) is 6.07 Å². The van der Waals surface area contributed by atoms with Crippen molar-refractivity contribution in [3.63, 3.8) is 0 Å². The maximum Gasteiger partial charge on any atom is 0.335 e. The maximum absolute atomic E-state index is 11.6. The van der Waals surface area contributed by atoms with E-state index >= 15 is 0 Å². The van der Waals surface area contributed by atoms with Crippen LogP contribution in [0.4, 0.5) is 5.69 Å². The van der Waals surface area contributed by atoms with Crippen molar-refractivity contribution >= 4 is 11.7 Å². The van der Waals surface area contributed by atoms with Crippen molar-refractivity contribution in [3.05, 3.63) is 64.7 Å². The van der Waals surface area contributed by atoms with E-state index in [1.165, 1.54) is 11.3 Å². The van der Waals surface area contributed by atoms with E-state index in [9.17, 15) is 9.90 Å². The number of anilines is 1. The van der Waals surface area contributed by atoms with Crippen LogP contribution in [0.1, 0.15) is 39.4 Å². The first-order valence-corrected chi connectivity index (χ1v) is 8.56. The molecule has 0 aromatic heterocycles. The minimum absolute atomic E-state index is 0.232. The van der Waals surface area contributed by atoms with Crippen LogP contribution < -0.4 is 10.6 Å². The van der Waals surface area contributed by atoms with Gasteiger partial charge in [0.2, 0.25) is 0 Å². The van der Waals surface area contributed by atoms with Crippen molar-refractivity contribution in [2.45, 2.75) is 37.8 Å². The molecule has 4 nitrogen and oxygen atoms in total. The Morgan fingerprint density at radius 1 is 1.21 bits per heavy atom. The molecule has 2 aliphatic rings. The largest absolute Gasteiger partial charge is 0.478 e. The number of piperidine rings is 1. The zero-order chi connectivity index (χ0) is 16.7. The lowest BCUT2D eigenvalue weighted by Crippen LogP contribution is -2.51. The van der Waals surface area contributed by atoms with Gasteiger partial charge in [-0.1, -0.05) is 30.3 Å². The lowest BCUT2D eigenvalue weighted by atomic mass is 9.81. The van der Waals surface area contributed by atoms with Crippen LogP contribution in [0.15, 0.2) is 42.5 Å². The van der Waals surface area contributed by atoms with Gasteiger partial charge in [0, 0.05) is 23.7 Å². The Balaban J connectivity index is 1.64. The van der Waals surface area contributed by atoms with Crippen LogP contribution in [0.3, 0.4) is 0 Å². The number of hydrogen-bond acceptors (Lipinski definition) is 3. The van der Waals surface area contributed by atoms with Crippen molar-refractivity contribution in [2.24, 2.45) is 0 Å². The maximum atomic E-state index is 11.6. The smallest absolute Gasteiger partial charge is 0.335 e. The molecule has 0 spiro atoms. The molecular weight excluding hydrogens is 300 g/mol. The molecule has 4 rings (SSSR count). The Bertz CT molecular complexity index is 787. The van der Waals surface area contributed by atoms with Crippen LogP contribution in [-0.4, -0.2) is 29.7 Å². The van der Waals surface area contributed by atoms with Gasteiger partial charge in [-0.3, -0.25) is 0 Å². The van der Waals surface area contributed by atoms with E-state index in [4.69, 9.17) is 0 Å². The summed E-state index contributed by atoms with van der Waals surface area (Å²) in [7, 11) is 0. The predicted octanol–water partition coefficient (Wildman–Crippen LogP) is 3.18. The van der Waals surface area contributed by atoms with Gasteiger partial charge in [-0.25, -0.2) is 4.79 Å². The molecule has 124 valence electrons. The summed E-state index contributed by atoms with van der Waals surface area (Å²) in [4.78, 5) is 11.6. The van der Waals surface area contributed by atoms with E-state index in [1.807, 2.05) is 19.1 Å². The second kappa shape index (κ2) is 5.95. The number of aromatic carboxylic acids is 1. The van der Waals surface area contributed by atoms with Gasteiger partial charge < -0.3 is 15.7 Å². The topological polar surface area (TPSA) is 61.4 Å². The van der Waals surface area contributed by atoms with Crippen molar-refractivity contribution < 1.29 is 9.90 Å². The number of nitrogens with one attached hydrogen (secondary N) is 2. The van der Waals surface area contributed by atoms with E-state index in [2.05, 4.69) is 34.9 Å². The average molecular weight is 322 g/mol. The molecule has 3 atom stereocenters. The van der Waals surface area contributed by atoms with Gasteiger partial charge >= 0.3 is 5.97 Å². The van der Waals surface area contributed by atoms with Crippen molar-refractivity contribution in [1.82, 2.24) is 5.32 Å². The van der Waals surface area contributed by atoms with E-state index < -0.39 is 5.97 Å². The molecular formula is C20H22N2O2. The number of benzene rings is 2. The molecule has 2 aromatic carbocycles. The second-order valence-electron chi connectivity index (χ2n) is 6.82.